The smallest absolute Gasteiger partial charge is 0.219 e. The van der Waals surface area contributed by atoms with Crippen LogP contribution in [0.2, 0.25) is 0 Å². The van der Waals surface area contributed by atoms with Gasteiger partial charge in [0.25, 0.3) is 0 Å². The molecule has 4 nitrogen and oxygen atoms in total. The molecule has 0 unspecified atom stereocenters. The van der Waals surface area contributed by atoms with Gasteiger partial charge in [0.15, 0.2) is 0 Å². The summed E-state index contributed by atoms with van der Waals surface area (Å²) in [5.74, 6) is 0.897. The zero-order valence-corrected chi connectivity index (χ0v) is 13.1. The van der Waals surface area contributed by atoms with E-state index in [1.807, 2.05) is 30.3 Å². The zero-order valence-electron chi connectivity index (χ0n) is 11.5. The molecular weight excluding hydrogens is 320 g/mol. The molecule has 1 aromatic carbocycles. The standard InChI is InChI=1S/C15H17BrN2O2/c1-11(19)18(2)10-12-5-3-4-6-14(12)17-9-15-13(16)7-8-20-15/h3-8,17H,9-10H2,1-2H3. The Bertz CT molecular complexity index is 595. The van der Waals surface area contributed by atoms with Gasteiger partial charge in [-0.25, -0.2) is 0 Å². The van der Waals surface area contributed by atoms with Crippen LogP contribution >= 0.6 is 15.9 Å². The van der Waals surface area contributed by atoms with Gasteiger partial charge >= 0.3 is 0 Å². The first-order valence-electron chi connectivity index (χ1n) is 6.33. The Morgan fingerprint density at radius 3 is 2.75 bits per heavy atom. The highest BCUT2D eigenvalue weighted by atomic mass is 79.9. The average Bonchev–Trinajstić information content (AvgIpc) is 2.83. The van der Waals surface area contributed by atoms with E-state index < -0.39 is 0 Å². The van der Waals surface area contributed by atoms with Crippen LogP contribution in [0.3, 0.4) is 0 Å². The van der Waals surface area contributed by atoms with Gasteiger partial charge in [-0.15, -0.1) is 0 Å². The minimum atomic E-state index is 0.0496. The molecule has 2 rings (SSSR count). The van der Waals surface area contributed by atoms with Crippen molar-refractivity contribution in [2.75, 3.05) is 12.4 Å². The quantitative estimate of drug-likeness (QED) is 0.906. The van der Waals surface area contributed by atoms with Gasteiger partial charge in [-0.05, 0) is 33.6 Å². The van der Waals surface area contributed by atoms with Crippen molar-refractivity contribution in [2.45, 2.75) is 20.0 Å². The van der Waals surface area contributed by atoms with Crippen LogP contribution in [0.5, 0.6) is 0 Å². The van der Waals surface area contributed by atoms with Crippen LogP contribution in [-0.2, 0) is 17.9 Å². The number of nitrogens with one attached hydrogen (secondary N) is 1. The molecule has 1 heterocycles. The van der Waals surface area contributed by atoms with E-state index in [0.29, 0.717) is 13.1 Å². The molecule has 0 spiro atoms. The van der Waals surface area contributed by atoms with Gasteiger partial charge in [-0.3, -0.25) is 4.79 Å². The molecular formula is C15H17BrN2O2. The van der Waals surface area contributed by atoms with E-state index in [-0.39, 0.29) is 5.91 Å². The van der Waals surface area contributed by atoms with Crippen LogP contribution in [0, 0.1) is 0 Å². The van der Waals surface area contributed by atoms with E-state index >= 15 is 0 Å². The predicted molar refractivity (Wildman–Crippen MR) is 82.3 cm³/mol. The molecule has 0 aliphatic rings. The van der Waals surface area contributed by atoms with E-state index in [2.05, 4.69) is 21.2 Å². The SMILES string of the molecule is CC(=O)N(C)Cc1ccccc1NCc1occc1Br. The Kier molecular flexibility index (Phi) is 4.84. The zero-order chi connectivity index (χ0) is 14.5. The fourth-order valence-corrected chi connectivity index (χ4v) is 2.17. The van der Waals surface area contributed by atoms with Crippen LogP contribution in [0.25, 0.3) is 0 Å². The highest BCUT2D eigenvalue weighted by molar-refractivity contribution is 9.10. The number of carbonyl (C=O) groups is 1. The molecule has 0 saturated carbocycles. The summed E-state index contributed by atoms with van der Waals surface area (Å²) in [6.07, 6.45) is 1.65. The Balaban J connectivity index is 2.08. The first kappa shape index (κ1) is 14.7. The normalized spacial score (nSPS) is 10.3. The minimum Gasteiger partial charge on any atom is -0.466 e. The largest absolute Gasteiger partial charge is 0.466 e. The number of nitrogens with zero attached hydrogens (tertiary/aromatic N) is 1. The third-order valence-electron chi connectivity index (χ3n) is 3.09. The number of halogens is 1. The first-order valence-corrected chi connectivity index (χ1v) is 7.12. The topological polar surface area (TPSA) is 45.5 Å². The molecule has 2 aromatic rings. The van der Waals surface area contributed by atoms with Crippen molar-refractivity contribution in [3.8, 4) is 0 Å². The molecule has 0 radical (unpaired) electrons. The summed E-state index contributed by atoms with van der Waals surface area (Å²) in [7, 11) is 1.79. The number of furan rings is 1. The van der Waals surface area contributed by atoms with Gasteiger partial charge in [0.2, 0.25) is 5.91 Å². The molecule has 0 saturated heterocycles. The second-order valence-corrected chi connectivity index (χ2v) is 5.43. The van der Waals surface area contributed by atoms with Crippen molar-refractivity contribution in [3.63, 3.8) is 0 Å². The second kappa shape index (κ2) is 6.61. The highest BCUT2D eigenvalue weighted by Gasteiger charge is 2.09. The van der Waals surface area contributed by atoms with Crippen molar-refractivity contribution in [2.24, 2.45) is 0 Å². The molecule has 0 bridgehead atoms. The summed E-state index contributed by atoms with van der Waals surface area (Å²) in [6.45, 7) is 2.74. The molecule has 1 aromatic heterocycles. The Hall–Kier alpha value is -1.75. The molecule has 1 amide bonds. The number of hydrogen-bond donors (Lipinski definition) is 1. The molecule has 5 heteroatoms. The molecule has 0 aliphatic carbocycles. The van der Waals surface area contributed by atoms with Crippen LogP contribution < -0.4 is 5.32 Å². The molecule has 0 aliphatic heterocycles. The van der Waals surface area contributed by atoms with Crippen LogP contribution in [0.1, 0.15) is 18.2 Å². The van der Waals surface area contributed by atoms with E-state index in [0.717, 1.165) is 21.5 Å². The van der Waals surface area contributed by atoms with E-state index in [4.69, 9.17) is 4.42 Å². The maximum absolute atomic E-state index is 11.3. The van der Waals surface area contributed by atoms with Crippen molar-refractivity contribution < 1.29 is 9.21 Å². The van der Waals surface area contributed by atoms with Gasteiger partial charge in [0.05, 0.1) is 17.3 Å². The Morgan fingerprint density at radius 1 is 1.35 bits per heavy atom. The minimum absolute atomic E-state index is 0.0496. The summed E-state index contributed by atoms with van der Waals surface area (Å²) in [5, 5.41) is 3.34. The highest BCUT2D eigenvalue weighted by Crippen LogP contribution is 2.21. The lowest BCUT2D eigenvalue weighted by atomic mass is 10.1. The third-order valence-corrected chi connectivity index (χ3v) is 3.80. The number of amides is 1. The maximum atomic E-state index is 11.3. The van der Waals surface area contributed by atoms with Crippen molar-refractivity contribution in [1.29, 1.82) is 0 Å². The fourth-order valence-electron chi connectivity index (χ4n) is 1.82. The third kappa shape index (κ3) is 3.63. The number of rotatable bonds is 5. The van der Waals surface area contributed by atoms with Crippen LogP contribution in [-0.4, -0.2) is 17.9 Å². The number of hydrogen-bond acceptors (Lipinski definition) is 3. The number of benzene rings is 1. The Morgan fingerprint density at radius 2 is 2.10 bits per heavy atom. The van der Waals surface area contributed by atoms with Crippen molar-refractivity contribution in [3.05, 3.63) is 52.4 Å². The number of carbonyl (C=O) groups excluding carboxylic acids is 1. The lowest BCUT2D eigenvalue weighted by molar-refractivity contribution is -0.128. The summed E-state index contributed by atoms with van der Waals surface area (Å²) in [4.78, 5) is 13.0. The monoisotopic (exact) mass is 336 g/mol. The first-order chi connectivity index (χ1) is 9.58. The summed E-state index contributed by atoms with van der Waals surface area (Å²) >= 11 is 3.43. The Labute approximate surface area is 126 Å². The van der Waals surface area contributed by atoms with Gasteiger partial charge < -0.3 is 14.6 Å². The van der Waals surface area contributed by atoms with Crippen LogP contribution in [0.15, 0.2) is 45.5 Å². The fraction of sp³-hybridized carbons (Fsp3) is 0.267. The number of anilines is 1. The second-order valence-electron chi connectivity index (χ2n) is 4.58. The van der Waals surface area contributed by atoms with Crippen LogP contribution in [0.4, 0.5) is 5.69 Å². The average molecular weight is 337 g/mol. The van der Waals surface area contributed by atoms with Crippen molar-refractivity contribution in [1.82, 2.24) is 4.90 Å². The summed E-state index contributed by atoms with van der Waals surface area (Å²) in [5.41, 5.74) is 2.08. The molecule has 106 valence electrons. The van der Waals surface area contributed by atoms with Gasteiger partial charge in [0.1, 0.15) is 5.76 Å². The van der Waals surface area contributed by atoms with E-state index in [1.165, 1.54) is 0 Å². The lowest BCUT2D eigenvalue weighted by Gasteiger charge is -2.18. The number of para-hydroxylation sites is 1. The van der Waals surface area contributed by atoms with E-state index in [1.54, 1.807) is 25.1 Å². The van der Waals surface area contributed by atoms with Gasteiger partial charge in [0, 0.05) is 26.2 Å². The summed E-state index contributed by atoms with van der Waals surface area (Å²) < 4.78 is 6.32. The van der Waals surface area contributed by atoms with Gasteiger partial charge in [-0.2, -0.15) is 0 Å². The van der Waals surface area contributed by atoms with E-state index in [9.17, 15) is 4.79 Å². The lowest BCUT2D eigenvalue weighted by Crippen LogP contribution is -2.23. The molecule has 20 heavy (non-hydrogen) atoms. The van der Waals surface area contributed by atoms with Crippen molar-refractivity contribution >= 4 is 27.5 Å². The summed E-state index contributed by atoms with van der Waals surface area (Å²) in [6, 6.07) is 9.82. The predicted octanol–water partition coefficient (Wildman–Crippen LogP) is 3.63. The van der Waals surface area contributed by atoms with Gasteiger partial charge in [-0.1, -0.05) is 18.2 Å². The maximum Gasteiger partial charge on any atom is 0.219 e. The molecule has 0 atom stereocenters. The molecule has 1 N–H and O–H groups in total. The molecule has 0 fully saturated rings.